The molecule has 1 atom stereocenters. The van der Waals surface area contributed by atoms with E-state index in [4.69, 9.17) is 14.5 Å². The van der Waals surface area contributed by atoms with Crippen molar-refractivity contribution in [1.82, 2.24) is 10.2 Å². The molecule has 3 rings (SSSR count). The number of methoxy groups -OCH3 is 1. The minimum Gasteiger partial charge on any atom is -0.504 e. The van der Waals surface area contributed by atoms with Crippen LogP contribution in [0.25, 0.3) is 0 Å². The summed E-state index contributed by atoms with van der Waals surface area (Å²) >= 11 is 0. The van der Waals surface area contributed by atoms with Gasteiger partial charge >= 0.3 is 0 Å². The quantitative estimate of drug-likeness (QED) is 0.286. The molecule has 1 fully saturated rings. The SMILES string of the molecule is CCNC(=NCCc1ccc(O)c(OC)c1)N1CCC(COCc2ccccc2)C1.I. The molecular weight excluding hydrogens is 505 g/mol. The number of halogens is 1. The third-order valence-corrected chi connectivity index (χ3v) is 5.29. The maximum absolute atomic E-state index is 9.73. The average Bonchev–Trinajstić information content (AvgIpc) is 3.24. The maximum Gasteiger partial charge on any atom is 0.193 e. The van der Waals surface area contributed by atoms with Gasteiger partial charge in [0.05, 0.1) is 20.3 Å². The lowest BCUT2D eigenvalue weighted by atomic mass is 10.1. The van der Waals surface area contributed by atoms with Crippen LogP contribution in [-0.2, 0) is 17.8 Å². The van der Waals surface area contributed by atoms with E-state index in [1.807, 2.05) is 30.3 Å². The Hall–Kier alpha value is -2.00. The van der Waals surface area contributed by atoms with Crippen LogP contribution < -0.4 is 10.1 Å². The van der Waals surface area contributed by atoms with E-state index in [2.05, 4.69) is 29.3 Å². The van der Waals surface area contributed by atoms with Crippen LogP contribution >= 0.6 is 24.0 Å². The summed E-state index contributed by atoms with van der Waals surface area (Å²) in [6, 6.07) is 15.8. The van der Waals surface area contributed by atoms with Crippen molar-refractivity contribution in [2.24, 2.45) is 10.9 Å². The van der Waals surface area contributed by atoms with Crippen LogP contribution in [0.15, 0.2) is 53.5 Å². The minimum absolute atomic E-state index is 0. The molecule has 170 valence electrons. The number of likely N-dealkylation sites (tertiary alicyclic amines) is 1. The first kappa shape index (κ1) is 25.3. The summed E-state index contributed by atoms with van der Waals surface area (Å²) in [5.74, 6) is 2.16. The second kappa shape index (κ2) is 13.4. The smallest absolute Gasteiger partial charge is 0.193 e. The highest BCUT2D eigenvalue weighted by Gasteiger charge is 2.25. The second-order valence-electron chi connectivity index (χ2n) is 7.59. The van der Waals surface area contributed by atoms with Crippen molar-refractivity contribution in [3.05, 3.63) is 59.7 Å². The Morgan fingerprint density at radius 2 is 2.00 bits per heavy atom. The lowest BCUT2D eigenvalue weighted by Crippen LogP contribution is -2.40. The van der Waals surface area contributed by atoms with Crippen molar-refractivity contribution < 1.29 is 14.6 Å². The van der Waals surface area contributed by atoms with Crippen LogP contribution in [0, 0.1) is 5.92 Å². The van der Waals surface area contributed by atoms with E-state index in [-0.39, 0.29) is 29.7 Å². The zero-order chi connectivity index (χ0) is 21.2. The Balaban J connectivity index is 0.00000341. The number of ether oxygens (including phenoxy) is 2. The van der Waals surface area contributed by atoms with E-state index in [1.54, 1.807) is 13.2 Å². The number of phenols is 1. The first-order chi connectivity index (χ1) is 14.7. The van der Waals surface area contributed by atoms with Crippen LogP contribution in [0.4, 0.5) is 0 Å². The van der Waals surface area contributed by atoms with Crippen LogP contribution in [0.5, 0.6) is 11.5 Å². The van der Waals surface area contributed by atoms with Gasteiger partial charge in [0.15, 0.2) is 17.5 Å². The molecule has 0 bridgehead atoms. The predicted molar refractivity (Wildman–Crippen MR) is 136 cm³/mol. The van der Waals surface area contributed by atoms with Crippen LogP contribution in [0.1, 0.15) is 24.5 Å². The lowest BCUT2D eigenvalue weighted by Gasteiger charge is -2.21. The predicted octanol–water partition coefficient (Wildman–Crippen LogP) is 4.07. The van der Waals surface area contributed by atoms with E-state index in [9.17, 15) is 5.11 Å². The summed E-state index contributed by atoms with van der Waals surface area (Å²) in [5.41, 5.74) is 2.31. The van der Waals surface area contributed by atoms with Crippen LogP contribution in [-0.4, -0.2) is 55.9 Å². The Morgan fingerprint density at radius 1 is 1.19 bits per heavy atom. The zero-order valence-electron chi connectivity index (χ0n) is 18.4. The van der Waals surface area contributed by atoms with Gasteiger partial charge in [0.2, 0.25) is 0 Å². The van der Waals surface area contributed by atoms with E-state index < -0.39 is 0 Å². The number of aromatic hydroxyl groups is 1. The topological polar surface area (TPSA) is 66.3 Å². The van der Waals surface area contributed by atoms with Crippen molar-refractivity contribution in [2.45, 2.75) is 26.4 Å². The van der Waals surface area contributed by atoms with Crippen molar-refractivity contribution >= 4 is 29.9 Å². The zero-order valence-corrected chi connectivity index (χ0v) is 20.7. The molecule has 1 aliphatic rings. The highest BCUT2D eigenvalue weighted by molar-refractivity contribution is 14.0. The molecule has 0 radical (unpaired) electrons. The molecule has 0 saturated carbocycles. The van der Waals surface area contributed by atoms with Crippen molar-refractivity contribution in [2.75, 3.05) is 39.9 Å². The van der Waals surface area contributed by atoms with Gasteiger partial charge in [-0.2, -0.15) is 0 Å². The van der Waals surface area contributed by atoms with Crippen LogP contribution in [0.2, 0.25) is 0 Å². The van der Waals surface area contributed by atoms with E-state index >= 15 is 0 Å². The molecule has 0 aromatic heterocycles. The summed E-state index contributed by atoms with van der Waals surface area (Å²) in [6.45, 7) is 7.03. The van der Waals surface area contributed by atoms with Crippen LogP contribution in [0.3, 0.4) is 0 Å². The van der Waals surface area contributed by atoms with Gasteiger partial charge in [-0.1, -0.05) is 36.4 Å². The maximum atomic E-state index is 9.73. The van der Waals surface area contributed by atoms with Gasteiger partial charge in [-0.25, -0.2) is 0 Å². The Bertz CT molecular complexity index is 817. The molecular formula is C24H34IN3O3. The molecule has 7 heteroatoms. The third-order valence-electron chi connectivity index (χ3n) is 5.29. The molecule has 31 heavy (non-hydrogen) atoms. The summed E-state index contributed by atoms with van der Waals surface area (Å²) in [5, 5.41) is 13.1. The van der Waals surface area contributed by atoms with Crippen molar-refractivity contribution in [3.8, 4) is 11.5 Å². The number of aliphatic imine (C=N–C) groups is 1. The fraction of sp³-hybridized carbons (Fsp3) is 0.458. The highest BCUT2D eigenvalue weighted by Crippen LogP contribution is 2.26. The molecule has 1 heterocycles. The molecule has 2 N–H and O–H groups in total. The molecule has 0 aliphatic carbocycles. The normalized spacial score (nSPS) is 16.1. The molecule has 0 amide bonds. The van der Waals surface area contributed by atoms with Gasteiger partial charge in [0.25, 0.3) is 0 Å². The molecule has 1 unspecified atom stereocenters. The van der Waals surface area contributed by atoms with Gasteiger partial charge in [-0.15, -0.1) is 24.0 Å². The molecule has 2 aromatic rings. The fourth-order valence-corrected chi connectivity index (χ4v) is 3.67. The lowest BCUT2D eigenvalue weighted by molar-refractivity contribution is 0.0907. The number of hydrogen-bond acceptors (Lipinski definition) is 4. The Labute approximate surface area is 202 Å². The summed E-state index contributed by atoms with van der Waals surface area (Å²) in [4.78, 5) is 7.15. The molecule has 2 aromatic carbocycles. The molecule has 6 nitrogen and oxygen atoms in total. The van der Waals surface area contributed by atoms with Gasteiger partial charge in [0.1, 0.15) is 0 Å². The number of nitrogens with zero attached hydrogens (tertiary/aromatic N) is 2. The number of benzene rings is 2. The average molecular weight is 539 g/mol. The summed E-state index contributed by atoms with van der Waals surface area (Å²) in [6.07, 6.45) is 1.91. The number of phenolic OH excluding ortho intramolecular Hbond substituents is 1. The van der Waals surface area contributed by atoms with Gasteiger partial charge in [-0.3, -0.25) is 4.99 Å². The van der Waals surface area contributed by atoms with Gasteiger partial charge in [-0.05, 0) is 43.0 Å². The minimum atomic E-state index is 0. The number of hydrogen-bond donors (Lipinski definition) is 2. The molecule has 1 aliphatic heterocycles. The first-order valence-corrected chi connectivity index (χ1v) is 10.7. The van der Waals surface area contributed by atoms with E-state index in [0.717, 1.165) is 50.6 Å². The Kier molecular flexibility index (Phi) is 10.9. The van der Waals surface area contributed by atoms with Crippen molar-refractivity contribution in [3.63, 3.8) is 0 Å². The monoisotopic (exact) mass is 539 g/mol. The summed E-state index contributed by atoms with van der Waals surface area (Å²) in [7, 11) is 1.56. The third kappa shape index (κ3) is 7.88. The fourth-order valence-electron chi connectivity index (χ4n) is 3.67. The number of guanidine groups is 1. The standard InChI is InChI=1S/C24H33N3O3.HI/c1-3-25-24(26-13-11-19-9-10-22(28)23(15-19)29-2)27-14-12-21(16-27)18-30-17-20-7-5-4-6-8-20;/h4-10,15,21,28H,3,11-14,16-18H2,1-2H3,(H,25,26);1H. The number of nitrogens with one attached hydrogen (secondary N) is 1. The van der Waals surface area contributed by atoms with Gasteiger partial charge < -0.3 is 24.8 Å². The van der Waals surface area contributed by atoms with E-state index in [0.29, 0.717) is 24.8 Å². The van der Waals surface area contributed by atoms with E-state index in [1.165, 1.54) is 5.56 Å². The molecule has 1 saturated heterocycles. The highest BCUT2D eigenvalue weighted by atomic mass is 127. The Morgan fingerprint density at radius 3 is 2.74 bits per heavy atom. The first-order valence-electron chi connectivity index (χ1n) is 10.7. The second-order valence-corrected chi connectivity index (χ2v) is 7.59. The number of rotatable bonds is 9. The van der Waals surface area contributed by atoms with Gasteiger partial charge in [0, 0.05) is 32.1 Å². The molecule has 0 spiro atoms. The summed E-state index contributed by atoms with van der Waals surface area (Å²) < 4.78 is 11.1. The van der Waals surface area contributed by atoms with Crippen molar-refractivity contribution in [1.29, 1.82) is 0 Å². The largest absolute Gasteiger partial charge is 0.504 e.